The summed E-state index contributed by atoms with van der Waals surface area (Å²) in [6.45, 7) is 1.50. The third-order valence-corrected chi connectivity index (χ3v) is 3.43. The zero-order chi connectivity index (χ0) is 14.9. The van der Waals surface area contributed by atoms with Crippen LogP contribution in [0.1, 0.15) is 18.9 Å². The van der Waals surface area contributed by atoms with Gasteiger partial charge in [0.05, 0.1) is 5.41 Å². The summed E-state index contributed by atoms with van der Waals surface area (Å²) in [7, 11) is 0. The van der Waals surface area contributed by atoms with Crippen LogP contribution < -0.4 is 5.73 Å². The molecular weight excluding hydrogens is 258 g/mol. The highest BCUT2D eigenvalue weighted by Crippen LogP contribution is 2.38. The molecule has 1 aliphatic carbocycles. The van der Waals surface area contributed by atoms with E-state index in [1.54, 1.807) is 30.3 Å². The third-order valence-electron chi connectivity index (χ3n) is 3.43. The molecule has 104 valence electrons. The zero-order valence-electron chi connectivity index (χ0n) is 11.0. The average Bonchev–Trinajstić information content (AvgIpc) is 2.38. The summed E-state index contributed by atoms with van der Waals surface area (Å²) < 4.78 is 0. The van der Waals surface area contributed by atoms with Crippen molar-refractivity contribution in [1.29, 1.82) is 0 Å². The van der Waals surface area contributed by atoms with Crippen molar-refractivity contribution in [2.75, 3.05) is 5.73 Å². The smallest absolute Gasteiger partial charge is 0.332 e. The van der Waals surface area contributed by atoms with Crippen molar-refractivity contribution in [3.8, 4) is 0 Å². The van der Waals surface area contributed by atoms with Crippen molar-refractivity contribution in [1.82, 2.24) is 0 Å². The van der Waals surface area contributed by atoms with Crippen LogP contribution in [0.25, 0.3) is 5.57 Å². The Morgan fingerprint density at radius 3 is 2.55 bits per heavy atom. The summed E-state index contributed by atoms with van der Waals surface area (Å²) in [5.74, 6) is -2.15. The molecule has 0 saturated carbocycles. The van der Waals surface area contributed by atoms with Crippen LogP contribution in [-0.2, 0) is 9.59 Å². The molecule has 20 heavy (non-hydrogen) atoms. The molecule has 4 N–H and O–H groups in total. The Labute approximate surface area is 116 Å². The second kappa shape index (κ2) is 4.85. The molecule has 0 spiro atoms. The normalized spacial score (nSPS) is 21.9. The van der Waals surface area contributed by atoms with Gasteiger partial charge in [-0.25, -0.2) is 4.79 Å². The Balaban J connectivity index is 2.53. The second-order valence-corrected chi connectivity index (χ2v) is 5.06. The molecular formula is C15H15NO4. The molecule has 1 unspecified atom stereocenters. The van der Waals surface area contributed by atoms with Crippen LogP contribution in [0.4, 0.5) is 5.69 Å². The van der Waals surface area contributed by atoms with Crippen LogP contribution in [0.3, 0.4) is 0 Å². The van der Waals surface area contributed by atoms with Crippen LogP contribution >= 0.6 is 0 Å². The molecule has 5 heteroatoms. The van der Waals surface area contributed by atoms with E-state index in [1.165, 1.54) is 13.0 Å². The number of carbonyl (C=O) groups is 2. The number of hydrogen-bond acceptors (Lipinski definition) is 3. The minimum Gasteiger partial charge on any atom is -0.481 e. The lowest BCUT2D eigenvalue weighted by Gasteiger charge is -2.26. The highest BCUT2D eigenvalue weighted by Gasteiger charge is 2.36. The number of aliphatic carboxylic acids is 2. The molecule has 1 aliphatic rings. The molecule has 1 atom stereocenters. The van der Waals surface area contributed by atoms with Gasteiger partial charge in [-0.1, -0.05) is 24.3 Å². The Hall–Kier alpha value is -2.56. The number of rotatable bonds is 3. The van der Waals surface area contributed by atoms with Crippen molar-refractivity contribution in [2.45, 2.75) is 13.3 Å². The molecule has 1 aromatic carbocycles. The molecule has 0 bridgehead atoms. The highest BCUT2D eigenvalue weighted by molar-refractivity contribution is 6.01. The number of carboxylic acids is 2. The van der Waals surface area contributed by atoms with Crippen molar-refractivity contribution in [3.05, 3.63) is 47.6 Å². The monoisotopic (exact) mass is 273 g/mol. The van der Waals surface area contributed by atoms with Crippen LogP contribution in [0.15, 0.2) is 42.0 Å². The van der Waals surface area contributed by atoms with E-state index in [0.717, 1.165) is 0 Å². The van der Waals surface area contributed by atoms with Crippen LogP contribution in [0.5, 0.6) is 0 Å². The second-order valence-electron chi connectivity index (χ2n) is 5.06. The van der Waals surface area contributed by atoms with Gasteiger partial charge in [0.15, 0.2) is 0 Å². The highest BCUT2D eigenvalue weighted by atomic mass is 16.4. The quantitative estimate of drug-likeness (QED) is 0.733. The molecule has 0 amide bonds. The summed E-state index contributed by atoms with van der Waals surface area (Å²) in [5.41, 5.74) is 6.29. The van der Waals surface area contributed by atoms with Gasteiger partial charge in [-0.3, -0.25) is 4.79 Å². The topological polar surface area (TPSA) is 101 Å². The minimum atomic E-state index is -1.20. The lowest BCUT2D eigenvalue weighted by Crippen LogP contribution is -2.29. The molecule has 0 saturated heterocycles. The third kappa shape index (κ3) is 2.42. The van der Waals surface area contributed by atoms with E-state index in [2.05, 4.69) is 0 Å². The van der Waals surface area contributed by atoms with Gasteiger partial charge in [-0.2, -0.15) is 0 Å². The lowest BCUT2D eigenvalue weighted by molar-refractivity contribution is -0.145. The number of allylic oxidation sites excluding steroid dienone is 2. The SMILES string of the molecule is CC1(C(=O)O)C=CC(c2cccc(N)c2)=C(C(=O)O)C1. The predicted molar refractivity (Wildman–Crippen MR) is 74.9 cm³/mol. The van der Waals surface area contributed by atoms with Crippen LogP contribution in [0.2, 0.25) is 0 Å². The molecule has 0 radical (unpaired) electrons. The minimum absolute atomic E-state index is 0.0572. The fourth-order valence-electron chi connectivity index (χ4n) is 2.20. The fraction of sp³-hybridized carbons (Fsp3) is 0.200. The summed E-state index contributed by atoms with van der Waals surface area (Å²) in [6.07, 6.45) is 3.02. The van der Waals surface area contributed by atoms with E-state index in [1.807, 2.05) is 0 Å². The van der Waals surface area contributed by atoms with Gasteiger partial charge < -0.3 is 15.9 Å². The zero-order valence-corrected chi connectivity index (χ0v) is 11.0. The first kappa shape index (κ1) is 13.9. The maximum atomic E-state index is 11.4. The van der Waals surface area contributed by atoms with Gasteiger partial charge in [0.2, 0.25) is 0 Å². The van der Waals surface area contributed by atoms with Crippen LogP contribution in [-0.4, -0.2) is 22.2 Å². The van der Waals surface area contributed by atoms with Crippen molar-refractivity contribution in [2.24, 2.45) is 5.41 Å². The van der Waals surface area contributed by atoms with Gasteiger partial charge in [0.1, 0.15) is 0 Å². The fourth-order valence-corrected chi connectivity index (χ4v) is 2.20. The van der Waals surface area contributed by atoms with Crippen molar-refractivity contribution < 1.29 is 19.8 Å². The van der Waals surface area contributed by atoms with Gasteiger partial charge in [0.25, 0.3) is 0 Å². The maximum absolute atomic E-state index is 11.4. The summed E-state index contributed by atoms with van der Waals surface area (Å²) in [5, 5.41) is 18.5. The Morgan fingerprint density at radius 1 is 1.30 bits per heavy atom. The Bertz CT molecular complexity index is 645. The number of nitrogen functional groups attached to an aromatic ring is 1. The van der Waals surface area contributed by atoms with E-state index in [4.69, 9.17) is 5.73 Å². The van der Waals surface area contributed by atoms with E-state index < -0.39 is 17.4 Å². The van der Waals surface area contributed by atoms with Gasteiger partial charge in [0, 0.05) is 11.3 Å². The number of carboxylic acid groups (broad SMARTS) is 2. The molecule has 0 aliphatic heterocycles. The molecule has 0 aromatic heterocycles. The van der Waals surface area contributed by atoms with E-state index >= 15 is 0 Å². The summed E-state index contributed by atoms with van der Waals surface area (Å²) in [4.78, 5) is 22.7. The van der Waals surface area contributed by atoms with Gasteiger partial charge >= 0.3 is 11.9 Å². The van der Waals surface area contributed by atoms with Crippen LogP contribution in [0, 0.1) is 5.41 Å². The molecule has 1 aromatic rings. The number of benzene rings is 1. The largest absolute Gasteiger partial charge is 0.481 e. The summed E-state index contributed by atoms with van der Waals surface area (Å²) >= 11 is 0. The molecule has 2 rings (SSSR count). The first-order valence-corrected chi connectivity index (χ1v) is 6.08. The molecule has 5 nitrogen and oxygen atoms in total. The maximum Gasteiger partial charge on any atom is 0.332 e. The van der Waals surface area contributed by atoms with Gasteiger partial charge in [-0.05, 0) is 36.6 Å². The van der Waals surface area contributed by atoms with E-state index in [-0.39, 0.29) is 12.0 Å². The molecule has 0 fully saturated rings. The first-order chi connectivity index (χ1) is 9.33. The van der Waals surface area contributed by atoms with Crippen molar-refractivity contribution >= 4 is 23.2 Å². The standard InChI is InChI=1S/C15H15NO4/c1-15(14(19)20)6-5-11(12(8-15)13(17)18)9-3-2-4-10(16)7-9/h2-7H,8,16H2,1H3,(H,17,18)(H,19,20). The Kier molecular flexibility index (Phi) is 3.36. The van der Waals surface area contributed by atoms with Gasteiger partial charge in [-0.15, -0.1) is 0 Å². The average molecular weight is 273 g/mol. The van der Waals surface area contributed by atoms with E-state index in [9.17, 15) is 19.8 Å². The van der Waals surface area contributed by atoms with E-state index in [0.29, 0.717) is 16.8 Å². The number of hydrogen-bond donors (Lipinski definition) is 3. The Morgan fingerprint density at radius 2 is 2.00 bits per heavy atom. The van der Waals surface area contributed by atoms with Crippen molar-refractivity contribution in [3.63, 3.8) is 0 Å². The molecule has 0 heterocycles. The lowest BCUT2D eigenvalue weighted by atomic mass is 9.76. The number of nitrogens with two attached hydrogens (primary N) is 1. The number of anilines is 1. The first-order valence-electron chi connectivity index (χ1n) is 6.08. The summed E-state index contributed by atoms with van der Waals surface area (Å²) in [6, 6.07) is 6.86. The predicted octanol–water partition coefficient (Wildman–Crippen LogP) is 2.16.